The molecule has 176 valence electrons. The summed E-state index contributed by atoms with van der Waals surface area (Å²) in [6, 6.07) is 16.6. The maximum atomic E-state index is 13.5. The number of carbonyl (C=O) groups is 2. The van der Waals surface area contributed by atoms with E-state index in [-0.39, 0.29) is 17.8 Å². The molecule has 1 aliphatic rings. The van der Waals surface area contributed by atoms with Crippen LogP contribution in [0.3, 0.4) is 0 Å². The van der Waals surface area contributed by atoms with Gasteiger partial charge in [-0.25, -0.2) is 0 Å². The Hall–Kier alpha value is -3.75. The maximum absolute atomic E-state index is 13.5. The first kappa shape index (κ1) is 23.4. The average molecular weight is 460 g/mol. The molecule has 4 rings (SSSR count). The number of likely N-dealkylation sites (N-methyl/N-ethyl adjacent to an activating group) is 1. The van der Waals surface area contributed by atoms with Gasteiger partial charge in [0.25, 0.3) is 5.91 Å². The van der Waals surface area contributed by atoms with Gasteiger partial charge in [-0.3, -0.25) is 24.5 Å². The van der Waals surface area contributed by atoms with Crippen LogP contribution in [0.2, 0.25) is 0 Å². The molecule has 0 spiro atoms. The van der Waals surface area contributed by atoms with Gasteiger partial charge in [0.15, 0.2) is 0 Å². The molecule has 8 nitrogen and oxygen atoms in total. The molecule has 34 heavy (non-hydrogen) atoms. The predicted molar refractivity (Wildman–Crippen MR) is 131 cm³/mol. The number of nitrogens with one attached hydrogen (secondary N) is 1. The van der Waals surface area contributed by atoms with E-state index in [9.17, 15) is 14.7 Å². The second kappa shape index (κ2) is 10.0. The van der Waals surface area contributed by atoms with E-state index >= 15 is 0 Å². The molecular weight excluding hydrogens is 430 g/mol. The van der Waals surface area contributed by atoms with Gasteiger partial charge in [-0.1, -0.05) is 54.6 Å². The molecule has 1 aromatic heterocycles. The third-order valence-corrected chi connectivity index (χ3v) is 6.14. The highest BCUT2D eigenvalue weighted by Gasteiger charge is 2.41. The number of carboxylic acids is 1. The first-order valence-corrected chi connectivity index (χ1v) is 11.3. The van der Waals surface area contributed by atoms with E-state index < -0.39 is 12.0 Å². The molecule has 2 heterocycles. The fourth-order valence-electron chi connectivity index (χ4n) is 4.29. The van der Waals surface area contributed by atoms with Crippen molar-refractivity contribution in [2.45, 2.75) is 32.6 Å². The summed E-state index contributed by atoms with van der Waals surface area (Å²) in [5.74, 6) is -1.31. The van der Waals surface area contributed by atoms with Crippen molar-refractivity contribution >= 4 is 28.3 Å². The van der Waals surface area contributed by atoms with Gasteiger partial charge in [0.05, 0.1) is 18.1 Å². The third-order valence-electron chi connectivity index (χ3n) is 6.14. The molecule has 3 aromatic rings. The van der Waals surface area contributed by atoms with E-state index in [0.29, 0.717) is 18.8 Å². The Morgan fingerprint density at radius 2 is 1.85 bits per heavy atom. The van der Waals surface area contributed by atoms with E-state index in [1.165, 1.54) is 11.1 Å². The lowest BCUT2D eigenvalue weighted by atomic mass is 10.1. The topological polar surface area (TPSA) is 89.0 Å². The molecule has 2 aromatic carbocycles. The molecule has 0 radical (unpaired) electrons. The van der Waals surface area contributed by atoms with Gasteiger partial charge in [-0.15, -0.1) is 0 Å². The zero-order valence-corrected chi connectivity index (χ0v) is 19.5. The summed E-state index contributed by atoms with van der Waals surface area (Å²) in [7, 11) is 1.92. The predicted octanol–water partition coefficient (Wildman–Crippen LogP) is 3.54. The number of carboxylic acid groups (broad SMARTS) is 1. The number of nitrogens with zero attached hydrogens (tertiary/aromatic N) is 4. The van der Waals surface area contributed by atoms with Crippen LogP contribution >= 0.6 is 0 Å². The Kier molecular flexibility index (Phi) is 6.90. The van der Waals surface area contributed by atoms with Crippen molar-refractivity contribution in [1.82, 2.24) is 19.9 Å². The van der Waals surface area contributed by atoms with Crippen molar-refractivity contribution in [1.29, 1.82) is 0 Å². The summed E-state index contributed by atoms with van der Waals surface area (Å²) in [6.07, 6.45) is 4.54. The monoisotopic (exact) mass is 459 g/mol. The summed E-state index contributed by atoms with van der Waals surface area (Å²) < 4.78 is 0. The van der Waals surface area contributed by atoms with Crippen LogP contribution in [0.15, 0.2) is 78.8 Å². The molecule has 2 atom stereocenters. The number of rotatable bonds is 8. The standard InChI is InChI=1S/C26H29N5O3/c1-4-30-25(32)22(28-23-16-27-15-20-12-8-9-13-21(20)23)14-24(26(33)34)31(30)18(2)29(3)17-19-10-6-5-7-11-19/h5-16,18,24,28H,4,17H2,1-3H3,(H,33,34). The van der Waals surface area contributed by atoms with Crippen molar-refractivity contribution in [3.05, 3.63) is 84.3 Å². The van der Waals surface area contributed by atoms with Crippen molar-refractivity contribution in [2.24, 2.45) is 0 Å². The van der Waals surface area contributed by atoms with Gasteiger partial charge >= 0.3 is 5.97 Å². The minimum absolute atomic E-state index is 0.224. The summed E-state index contributed by atoms with van der Waals surface area (Å²) in [6.45, 7) is 4.71. The average Bonchev–Trinajstić information content (AvgIpc) is 2.85. The SMILES string of the molecule is CCN1C(=O)C(Nc2cncc3ccccc23)=CC(C(=O)O)N1C(C)N(C)Cc1ccccc1. The van der Waals surface area contributed by atoms with Crippen molar-refractivity contribution < 1.29 is 14.7 Å². The molecular formula is C26H29N5O3. The largest absolute Gasteiger partial charge is 0.480 e. The minimum atomic E-state index is -1.03. The van der Waals surface area contributed by atoms with E-state index in [4.69, 9.17) is 0 Å². The molecule has 2 unspecified atom stereocenters. The number of aliphatic carboxylic acids is 1. The number of carbonyl (C=O) groups excluding carboxylic acids is 1. The summed E-state index contributed by atoms with van der Waals surface area (Å²) in [5, 5.41) is 18.2. The first-order chi connectivity index (χ1) is 16.4. The Balaban J connectivity index is 1.65. The number of hydrogen-bond donors (Lipinski definition) is 2. The second-order valence-electron chi connectivity index (χ2n) is 8.33. The van der Waals surface area contributed by atoms with Gasteiger partial charge in [-0.05, 0) is 32.5 Å². The molecule has 0 bridgehead atoms. The molecule has 1 aliphatic heterocycles. The van der Waals surface area contributed by atoms with Gasteiger partial charge in [0.2, 0.25) is 0 Å². The van der Waals surface area contributed by atoms with Gasteiger partial charge in [-0.2, -0.15) is 5.01 Å². The number of amides is 1. The van der Waals surface area contributed by atoms with Crippen LogP contribution in [0.4, 0.5) is 5.69 Å². The van der Waals surface area contributed by atoms with Crippen LogP contribution in [0.1, 0.15) is 19.4 Å². The molecule has 0 aliphatic carbocycles. The molecule has 2 N–H and O–H groups in total. The highest BCUT2D eigenvalue weighted by molar-refractivity contribution is 6.02. The fourth-order valence-corrected chi connectivity index (χ4v) is 4.29. The zero-order valence-electron chi connectivity index (χ0n) is 19.5. The van der Waals surface area contributed by atoms with Crippen LogP contribution in [-0.2, 0) is 16.1 Å². The van der Waals surface area contributed by atoms with E-state index in [2.05, 4.69) is 10.3 Å². The van der Waals surface area contributed by atoms with Gasteiger partial charge < -0.3 is 10.4 Å². The lowest BCUT2D eigenvalue weighted by Crippen LogP contribution is -2.63. The summed E-state index contributed by atoms with van der Waals surface area (Å²) in [5.41, 5.74) is 1.98. The third kappa shape index (κ3) is 4.64. The van der Waals surface area contributed by atoms with Gasteiger partial charge in [0, 0.05) is 30.1 Å². The van der Waals surface area contributed by atoms with Crippen molar-refractivity contribution in [3.63, 3.8) is 0 Å². The van der Waals surface area contributed by atoms with Crippen LogP contribution in [0, 0.1) is 0 Å². The Morgan fingerprint density at radius 1 is 1.15 bits per heavy atom. The fraction of sp³-hybridized carbons (Fsp3) is 0.269. The van der Waals surface area contributed by atoms with Crippen molar-refractivity contribution in [3.8, 4) is 0 Å². The molecule has 8 heteroatoms. The molecule has 0 saturated heterocycles. The number of fused-ring (bicyclic) bond motifs is 1. The minimum Gasteiger partial charge on any atom is -0.480 e. The van der Waals surface area contributed by atoms with Crippen molar-refractivity contribution in [2.75, 3.05) is 18.9 Å². The smallest absolute Gasteiger partial charge is 0.326 e. The maximum Gasteiger partial charge on any atom is 0.326 e. The Morgan fingerprint density at radius 3 is 2.56 bits per heavy atom. The highest BCUT2D eigenvalue weighted by atomic mass is 16.4. The number of benzene rings is 2. The van der Waals surface area contributed by atoms with Gasteiger partial charge in [0.1, 0.15) is 11.7 Å². The molecule has 0 saturated carbocycles. The van der Waals surface area contributed by atoms with E-state index in [1.54, 1.807) is 17.4 Å². The van der Waals surface area contributed by atoms with Crippen LogP contribution in [0.25, 0.3) is 10.8 Å². The number of hydrogen-bond acceptors (Lipinski definition) is 6. The Bertz CT molecular complexity index is 1210. The molecule has 0 fully saturated rings. The molecule has 1 amide bonds. The lowest BCUT2D eigenvalue weighted by Gasteiger charge is -2.46. The number of aromatic nitrogens is 1. The van der Waals surface area contributed by atoms with E-state index in [1.807, 2.05) is 80.4 Å². The summed E-state index contributed by atoms with van der Waals surface area (Å²) in [4.78, 5) is 32.1. The van der Waals surface area contributed by atoms with Crippen LogP contribution in [0.5, 0.6) is 0 Å². The summed E-state index contributed by atoms with van der Waals surface area (Å²) >= 11 is 0. The number of anilines is 1. The highest BCUT2D eigenvalue weighted by Crippen LogP contribution is 2.28. The lowest BCUT2D eigenvalue weighted by molar-refractivity contribution is -0.175. The quantitative estimate of drug-likeness (QED) is 0.533. The second-order valence-corrected chi connectivity index (χ2v) is 8.33. The number of hydrazine groups is 1. The van der Waals surface area contributed by atoms with Crippen LogP contribution < -0.4 is 5.32 Å². The zero-order chi connectivity index (χ0) is 24.2. The Labute approximate surface area is 199 Å². The normalized spacial score (nSPS) is 17.6. The van der Waals surface area contributed by atoms with Crippen LogP contribution in [-0.4, -0.2) is 62.7 Å². The number of pyridine rings is 1. The van der Waals surface area contributed by atoms with E-state index in [0.717, 1.165) is 16.3 Å². The first-order valence-electron chi connectivity index (χ1n) is 11.3.